The van der Waals surface area contributed by atoms with Crippen molar-refractivity contribution in [2.24, 2.45) is 21.6 Å². The van der Waals surface area contributed by atoms with Gasteiger partial charge in [0.05, 0.1) is 12.0 Å². The Morgan fingerprint density at radius 2 is 2.29 bits per heavy atom. The molecule has 86 valence electrons. The zero-order chi connectivity index (χ0) is 11.8. The van der Waals surface area contributed by atoms with Crippen molar-refractivity contribution in [3.63, 3.8) is 0 Å². The topological polar surface area (TPSA) is 67.8 Å². The van der Waals surface area contributed by atoms with Crippen molar-refractivity contribution in [2.45, 2.75) is 12.5 Å². The predicted molar refractivity (Wildman–Crippen MR) is 67.2 cm³/mol. The second-order valence-corrected chi connectivity index (χ2v) is 4.33. The fourth-order valence-electron chi connectivity index (χ4n) is 2.53. The molecule has 4 nitrogen and oxygen atoms in total. The number of aliphatic imine (C=N–C) groups is 2. The molecule has 17 heavy (non-hydrogen) atoms. The van der Waals surface area contributed by atoms with Gasteiger partial charge in [-0.3, -0.25) is 14.8 Å². The van der Waals surface area contributed by atoms with Crippen LogP contribution in [0.25, 0.3) is 0 Å². The van der Waals surface area contributed by atoms with Crippen LogP contribution in [0.15, 0.2) is 45.4 Å². The number of nitrogens with zero attached hydrogens (tertiary/aromatic N) is 2. The molecule has 0 aromatic rings. The van der Waals surface area contributed by atoms with Crippen LogP contribution in [-0.4, -0.2) is 30.4 Å². The summed E-state index contributed by atoms with van der Waals surface area (Å²) in [5.74, 6) is -0.473. The number of dihydropyridines is 1. The van der Waals surface area contributed by atoms with Crippen LogP contribution in [0.5, 0.6) is 0 Å². The number of rotatable bonds is 1. The summed E-state index contributed by atoms with van der Waals surface area (Å²) in [6.07, 6.45) is 10.4. The molecule has 2 aliphatic heterocycles. The van der Waals surface area contributed by atoms with Crippen molar-refractivity contribution in [2.75, 3.05) is 6.54 Å². The molecule has 4 heteroatoms. The van der Waals surface area contributed by atoms with Gasteiger partial charge in [0.25, 0.3) is 0 Å². The van der Waals surface area contributed by atoms with E-state index in [1.165, 1.54) is 0 Å². The van der Waals surface area contributed by atoms with Crippen molar-refractivity contribution in [3.8, 4) is 0 Å². The number of nitrogens with two attached hydrogens (primary N) is 1. The molecule has 1 amide bonds. The number of fused-ring (bicyclic) bond motifs is 2. The average Bonchev–Trinajstić information content (AvgIpc) is 2.35. The summed E-state index contributed by atoms with van der Waals surface area (Å²) >= 11 is 0. The first-order chi connectivity index (χ1) is 8.27. The molecule has 0 aromatic heterocycles. The van der Waals surface area contributed by atoms with Crippen LogP contribution in [0.4, 0.5) is 0 Å². The zero-order valence-corrected chi connectivity index (χ0v) is 9.34. The van der Waals surface area contributed by atoms with Gasteiger partial charge in [-0.2, -0.15) is 0 Å². The summed E-state index contributed by atoms with van der Waals surface area (Å²) in [6.45, 7) is 0.753. The average molecular weight is 227 g/mol. The molecule has 1 aliphatic carbocycles. The smallest absolute Gasteiger partial charge is 0.246 e. The third-order valence-corrected chi connectivity index (χ3v) is 3.30. The van der Waals surface area contributed by atoms with Gasteiger partial charge in [0, 0.05) is 30.5 Å². The minimum Gasteiger partial charge on any atom is -0.366 e. The maximum atomic E-state index is 11.7. The van der Waals surface area contributed by atoms with Gasteiger partial charge in [0.2, 0.25) is 5.91 Å². The summed E-state index contributed by atoms with van der Waals surface area (Å²) in [5, 5.41) is 0. The van der Waals surface area contributed by atoms with E-state index in [9.17, 15) is 4.79 Å². The lowest BCUT2D eigenvalue weighted by atomic mass is 9.81. The van der Waals surface area contributed by atoms with E-state index in [2.05, 4.69) is 9.98 Å². The molecule has 2 atom stereocenters. The summed E-state index contributed by atoms with van der Waals surface area (Å²) in [4.78, 5) is 20.6. The number of carbonyl (C=O) groups excluding carboxylic acids is 1. The lowest BCUT2D eigenvalue weighted by molar-refractivity contribution is -0.114. The van der Waals surface area contributed by atoms with Crippen LogP contribution in [-0.2, 0) is 4.79 Å². The predicted octanol–water partition coefficient (Wildman–Crippen LogP) is 0.808. The van der Waals surface area contributed by atoms with Crippen molar-refractivity contribution >= 4 is 17.8 Å². The van der Waals surface area contributed by atoms with Gasteiger partial charge < -0.3 is 5.73 Å². The van der Waals surface area contributed by atoms with E-state index in [0.717, 1.165) is 24.3 Å². The number of hydrogen-bond acceptors (Lipinski definition) is 3. The number of amides is 1. The number of allylic oxidation sites excluding steroid dienone is 2. The van der Waals surface area contributed by atoms with E-state index in [4.69, 9.17) is 5.73 Å². The van der Waals surface area contributed by atoms with Crippen LogP contribution in [0.3, 0.4) is 0 Å². The molecule has 0 radical (unpaired) electrons. The molecular weight excluding hydrogens is 214 g/mol. The van der Waals surface area contributed by atoms with E-state index in [1.54, 1.807) is 6.21 Å². The van der Waals surface area contributed by atoms with Gasteiger partial charge in [-0.05, 0) is 5.57 Å². The zero-order valence-electron chi connectivity index (χ0n) is 9.34. The van der Waals surface area contributed by atoms with Gasteiger partial charge in [0.1, 0.15) is 0 Å². The number of hydrogen-bond donors (Lipinski definition) is 1. The highest BCUT2D eigenvalue weighted by molar-refractivity contribution is 6.13. The normalized spacial score (nSPS) is 29.8. The fraction of sp³-hybridized carbons (Fsp3) is 0.308. The molecule has 3 aliphatic rings. The lowest BCUT2D eigenvalue weighted by Crippen LogP contribution is -2.36. The largest absolute Gasteiger partial charge is 0.366 e. The second-order valence-electron chi connectivity index (χ2n) is 4.33. The third-order valence-electron chi connectivity index (χ3n) is 3.30. The first-order valence-electron chi connectivity index (χ1n) is 5.72. The molecular formula is C13H13N3O. The Balaban J connectivity index is 2.16. The first kappa shape index (κ1) is 10.2. The van der Waals surface area contributed by atoms with E-state index in [-0.39, 0.29) is 17.9 Å². The molecule has 2 heterocycles. The lowest BCUT2D eigenvalue weighted by Gasteiger charge is -2.30. The maximum absolute atomic E-state index is 11.7. The highest BCUT2D eigenvalue weighted by atomic mass is 16.1. The molecule has 0 saturated heterocycles. The van der Waals surface area contributed by atoms with Crippen LogP contribution in [0.1, 0.15) is 6.42 Å². The van der Waals surface area contributed by atoms with Crippen LogP contribution >= 0.6 is 0 Å². The van der Waals surface area contributed by atoms with E-state index >= 15 is 0 Å². The van der Waals surface area contributed by atoms with Crippen molar-refractivity contribution in [1.29, 1.82) is 0 Å². The highest BCUT2D eigenvalue weighted by Gasteiger charge is 2.33. The Hall–Kier alpha value is -1.97. The minimum absolute atomic E-state index is 0.0414. The Kier molecular flexibility index (Phi) is 2.28. The molecule has 0 saturated carbocycles. The number of carbonyl (C=O) groups is 1. The van der Waals surface area contributed by atoms with Crippen molar-refractivity contribution in [3.05, 3.63) is 35.5 Å². The van der Waals surface area contributed by atoms with Gasteiger partial charge in [-0.1, -0.05) is 24.3 Å². The minimum atomic E-state index is -0.365. The molecule has 0 aromatic carbocycles. The molecule has 0 spiro atoms. The molecule has 3 rings (SSSR count). The first-order valence-corrected chi connectivity index (χ1v) is 5.72. The molecule has 0 fully saturated rings. The van der Waals surface area contributed by atoms with Crippen molar-refractivity contribution in [1.82, 2.24) is 0 Å². The summed E-state index contributed by atoms with van der Waals surface area (Å²) in [6, 6.07) is -0.0414. The van der Waals surface area contributed by atoms with Gasteiger partial charge in [0.15, 0.2) is 0 Å². The van der Waals surface area contributed by atoms with E-state index in [0.29, 0.717) is 5.57 Å². The summed E-state index contributed by atoms with van der Waals surface area (Å²) in [7, 11) is 0. The molecule has 2 N–H and O–H groups in total. The van der Waals surface area contributed by atoms with E-state index in [1.807, 2.05) is 24.3 Å². The van der Waals surface area contributed by atoms with Crippen LogP contribution < -0.4 is 5.73 Å². The van der Waals surface area contributed by atoms with E-state index < -0.39 is 0 Å². The van der Waals surface area contributed by atoms with Crippen LogP contribution in [0.2, 0.25) is 0 Å². The highest BCUT2D eigenvalue weighted by Crippen LogP contribution is 2.31. The maximum Gasteiger partial charge on any atom is 0.246 e. The second kappa shape index (κ2) is 3.80. The molecule has 2 unspecified atom stereocenters. The van der Waals surface area contributed by atoms with Gasteiger partial charge in [-0.15, -0.1) is 0 Å². The van der Waals surface area contributed by atoms with Gasteiger partial charge >= 0.3 is 0 Å². The Bertz CT molecular complexity index is 523. The Labute approximate surface area is 99.3 Å². The Morgan fingerprint density at radius 1 is 1.41 bits per heavy atom. The Morgan fingerprint density at radius 3 is 3.12 bits per heavy atom. The quantitative estimate of drug-likeness (QED) is 0.707. The number of primary amides is 1. The molecule has 0 bridgehead atoms. The summed E-state index contributed by atoms with van der Waals surface area (Å²) in [5.41, 5.74) is 8.11. The van der Waals surface area contributed by atoms with Gasteiger partial charge in [-0.25, -0.2) is 0 Å². The van der Waals surface area contributed by atoms with Crippen molar-refractivity contribution < 1.29 is 4.79 Å². The van der Waals surface area contributed by atoms with Crippen LogP contribution in [0, 0.1) is 5.92 Å². The summed E-state index contributed by atoms with van der Waals surface area (Å²) < 4.78 is 0. The fourth-order valence-corrected chi connectivity index (χ4v) is 2.53. The third kappa shape index (κ3) is 1.56. The SMILES string of the molecule is NC(=O)C1=C2C=CC=CC2N=C2CCN=CC21. The monoisotopic (exact) mass is 227 g/mol. The standard InChI is InChI=1S/C13H13N3O/c14-13(17)12-8-3-1-2-4-10(8)16-11-5-6-15-7-9(11)12/h1-4,7,9-10H,5-6H2,(H2,14,17).